The number of aliphatic imine (C=N–C) groups is 1. The molecule has 0 saturated heterocycles. The third-order valence-corrected chi connectivity index (χ3v) is 3.80. The predicted octanol–water partition coefficient (Wildman–Crippen LogP) is 3.52. The highest BCUT2D eigenvalue weighted by molar-refractivity contribution is 5.79. The van der Waals surface area contributed by atoms with Gasteiger partial charge >= 0.3 is 0 Å². The van der Waals surface area contributed by atoms with Crippen molar-refractivity contribution in [3.63, 3.8) is 0 Å². The molecule has 0 saturated carbocycles. The molecule has 0 heterocycles. The monoisotopic (exact) mass is 307 g/mol. The van der Waals surface area contributed by atoms with E-state index in [0.29, 0.717) is 5.96 Å². The van der Waals surface area contributed by atoms with Gasteiger partial charge in [0, 0.05) is 25.7 Å². The molecular formula is C17H23F2N3. The van der Waals surface area contributed by atoms with E-state index >= 15 is 0 Å². The number of nitrogens with one attached hydrogen (secondary N) is 2. The normalized spacial score (nSPS) is 15.4. The van der Waals surface area contributed by atoms with Crippen LogP contribution in [0, 0.1) is 11.6 Å². The molecule has 0 unspecified atom stereocenters. The number of nitrogens with zero attached hydrogens (tertiary/aromatic N) is 1. The number of rotatable bonds is 5. The summed E-state index contributed by atoms with van der Waals surface area (Å²) in [5.41, 5.74) is 1.78. The number of halogens is 2. The molecule has 0 bridgehead atoms. The van der Waals surface area contributed by atoms with Crippen molar-refractivity contribution in [2.24, 2.45) is 4.99 Å². The SMILES string of the molecule is CN=C(NCCC1=CCCCC1)NCc1cc(F)ccc1F. The third-order valence-electron chi connectivity index (χ3n) is 3.80. The lowest BCUT2D eigenvalue weighted by Gasteiger charge is -2.15. The summed E-state index contributed by atoms with van der Waals surface area (Å²) in [6.07, 6.45) is 8.25. The van der Waals surface area contributed by atoms with E-state index in [9.17, 15) is 8.78 Å². The molecule has 0 radical (unpaired) electrons. The van der Waals surface area contributed by atoms with Gasteiger partial charge in [0.2, 0.25) is 0 Å². The Morgan fingerprint density at radius 2 is 2.09 bits per heavy atom. The Hall–Kier alpha value is -1.91. The van der Waals surface area contributed by atoms with Gasteiger partial charge in [-0.25, -0.2) is 8.78 Å². The fraction of sp³-hybridized carbons (Fsp3) is 0.471. The lowest BCUT2D eigenvalue weighted by atomic mass is 9.97. The zero-order valence-electron chi connectivity index (χ0n) is 13.0. The molecular weight excluding hydrogens is 284 g/mol. The molecule has 3 nitrogen and oxygen atoms in total. The van der Waals surface area contributed by atoms with E-state index < -0.39 is 11.6 Å². The minimum absolute atomic E-state index is 0.200. The fourth-order valence-electron chi connectivity index (χ4n) is 2.55. The van der Waals surface area contributed by atoms with Gasteiger partial charge < -0.3 is 10.6 Å². The third kappa shape index (κ3) is 5.13. The highest BCUT2D eigenvalue weighted by atomic mass is 19.1. The number of guanidine groups is 1. The van der Waals surface area contributed by atoms with Crippen LogP contribution in [0.15, 0.2) is 34.8 Å². The highest BCUT2D eigenvalue weighted by Gasteiger charge is 2.06. The van der Waals surface area contributed by atoms with Gasteiger partial charge in [0.05, 0.1) is 0 Å². The summed E-state index contributed by atoms with van der Waals surface area (Å²) in [7, 11) is 1.66. The summed E-state index contributed by atoms with van der Waals surface area (Å²) in [6, 6.07) is 3.45. The van der Waals surface area contributed by atoms with Crippen LogP contribution in [0.1, 0.15) is 37.7 Å². The molecule has 0 amide bonds. The first-order valence-electron chi connectivity index (χ1n) is 7.75. The lowest BCUT2D eigenvalue weighted by molar-refractivity contribution is 0.581. The predicted molar refractivity (Wildman–Crippen MR) is 85.7 cm³/mol. The summed E-state index contributed by atoms with van der Waals surface area (Å²) in [6.45, 7) is 0.989. The van der Waals surface area contributed by atoms with Crippen molar-refractivity contribution in [2.75, 3.05) is 13.6 Å². The maximum absolute atomic E-state index is 13.5. The Morgan fingerprint density at radius 3 is 2.82 bits per heavy atom. The van der Waals surface area contributed by atoms with E-state index in [1.165, 1.54) is 37.3 Å². The Labute approximate surface area is 130 Å². The highest BCUT2D eigenvalue weighted by Crippen LogP contribution is 2.19. The van der Waals surface area contributed by atoms with Crippen LogP contribution in [0.4, 0.5) is 8.78 Å². The quantitative estimate of drug-likeness (QED) is 0.496. The maximum Gasteiger partial charge on any atom is 0.191 e. The van der Waals surface area contributed by atoms with Crippen molar-refractivity contribution in [1.29, 1.82) is 0 Å². The molecule has 5 heteroatoms. The van der Waals surface area contributed by atoms with Gasteiger partial charge in [-0.1, -0.05) is 11.6 Å². The van der Waals surface area contributed by atoms with Crippen LogP contribution >= 0.6 is 0 Å². The maximum atomic E-state index is 13.5. The number of hydrogen-bond acceptors (Lipinski definition) is 1. The number of hydrogen-bond donors (Lipinski definition) is 2. The van der Waals surface area contributed by atoms with Crippen LogP contribution in [-0.4, -0.2) is 19.6 Å². The minimum Gasteiger partial charge on any atom is -0.356 e. The molecule has 0 atom stereocenters. The zero-order chi connectivity index (χ0) is 15.8. The Bertz CT molecular complexity index is 553. The lowest BCUT2D eigenvalue weighted by Crippen LogP contribution is -2.37. The van der Waals surface area contributed by atoms with Gasteiger partial charge in [-0.05, 0) is 50.3 Å². The van der Waals surface area contributed by atoms with E-state index in [2.05, 4.69) is 21.7 Å². The molecule has 1 aliphatic rings. The first-order chi connectivity index (χ1) is 10.7. The van der Waals surface area contributed by atoms with Crippen LogP contribution < -0.4 is 10.6 Å². The average Bonchev–Trinajstić information content (AvgIpc) is 2.54. The number of benzene rings is 1. The molecule has 0 spiro atoms. The van der Waals surface area contributed by atoms with Crippen LogP contribution in [0.2, 0.25) is 0 Å². The van der Waals surface area contributed by atoms with Crippen LogP contribution in [-0.2, 0) is 6.54 Å². The van der Waals surface area contributed by atoms with Gasteiger partial charge in [0.15, 0.2) is 5.96 Å². The van der Waals surface area contributed by atoms with Crippen molar-refractivity contribution in [3.05, 3.63) is 47.0 Å². The summed E-state index contributed by atoms with van der Waals surface area (Å²) in [5.74, 6) is -0.262. The fourth-order valence-corrected chi connectivity index (χ4v) is 2.55. The zero-order valence-corrected chi connectivity index (χ0v) is 13.0. The van der Waals surface area contributed by atoms with Crippen LogP contribution in [0.3, 0.4) is 0 Å². The molecule has 2 N–H and O–H groups in total. The Morgan fingerprint density at radius 1 is 1.23 bits per heavy atom. The van der Waals surface area contributed by atoms with Crippen LogP contribution in [0.25, 0.3) is 0 Å². The topological polar surface area (TPSA) is 36.4 Å². The van der Waals surface area contributed by atoms with E-state index in [4.69, 9.17) is 0 Å². The van der Waals surface area contributed by atoms with Gasteiger partial charge in [0.1, 0.15) is 11.6 Å². The van der Waals surface area contributed by atoms with Gasteiger partial charge in [-0.15, -0.1) is 0 Å². The molecule has 0 fully saturated rings. The summed E-state index contributed by atoms with van der Waals surface area (Å²) in [4.78, 5) is 4.10. The second-order valence-electron chi connectivity index (χ2n) is 5.45. The van der Waals surface area contributed by atoms with Gasteiger partial charge in [-0.2, -0.15) is 0 Å². The van der Waals surface area contributed by atoms with Crippen molar-refractivity contribution >= 4 is 5.96 Å². The second kappa shape index (κ2) is 8.51. The van der Waals surface area contributed by atoms with Gasteiger partial charge in [-0.3, -0.25) is 4.99 Å². The van der Waals surface area contributed by atoms with Crippen molar-refractivity contribution in [3.8, 4) is 0 Å². The summed E-state index contributed by atoms with van der Waals surface area (Å²) in [5, 5.41) is 6.21. The molecule has 120 valence electrons. The summed E-state index contributed by atoms with van der Waals surface area (Å²) < 4.78 is 26.7. The van der Waals surface area contributed by atoms with E-state index in [1.54, 1.807) is 7.05 Å². The molecule has 1 aromatic rings. The second-order valence-corrected chi connectivity index (χ2v) is 5.45. The van der Waals surface area contributed by atoms with E-state index in [-0.39, 0.29) is 12.1 Å². The summed E-state index contributed by atoms with van der Waals surface area (Å²) >= 11 is 0. The Balaban J connectivity index is 1.77. The first kappa shape index (κ1) is 16.5. The van der Waals surface area contributed by atoms with Gasteiger partial charge in [0.25, 0.3) is 0 Å². The van der Waals surface area contributed by atoms with Crippen molar-refractivity contribution < 1.29 is 8.78 Å². The molecule has 22 heavy (non-hydrogen) atoms. The largest absolute Gasteiger partial charge is 0.356 e. The first-order valence-corrected chi connectivity index (χ1v) is 7.75. The van der Waals surface area contributed by atoms with E-state index in [0.717, 1.165) is 25.1 Å². The molecule has 2 rings (SSSR count). The molecule has 1 aliphatic carbocycles. The van der Waals surface area contributed by atoms with Crippen molar-refractivity contribution in [2.45, 2.75) is 38.6 Å². The molecule has 0 aliphatic heterocycles. The van der Waals surface area contributed by atoms with Crippen molar-refractivity contribution in [1.82, 2.24) is 10.6 Å². The Kier molecular flexibility index (Phi) is 6.37. The minimum atomic E-state index is -0.439. The standard InChI is InChI=1S/C17H23F2N3/c1-20-17(21-10-9-13-5-3-2-4-6-13)22-12-14-11-15(18)7-8-16(14)19/h5,7-8,11H,2-4,6,9-10,12H2,1H3,(H2,20,21,22). The number of allylic oxidation sites excluding steroid dienone is 1. The smallest absolute Gasteiger partial charge is 0.191 e. The van der Waals surface area contributed by atoms with Crippen LogP contribution in [0.5, 0.6) is 0 Å². The average molecular weight is 307 g/mol. The molecule has 0 aromatic heterocycles. The van der Waals surface area contributed by atoms with E-state index in [1.807, 2.05) is 0 Å². The molecule has 1 aromatic carbocycles.